The third-order valence-electron chi connectivity index (χ3n) is 4.60. The summed E-state index contributed by atoms with van der Waals surface area (Å²) in [4.78, 5) is 33.4. The number of aliphatic imine (C=N–C) groups is 1. The van der Waals surface area contributed by atoms with Crippen LogP contribution in [0.1, 0.15) is 19.4 Å². The Hall–Kier alpha value is -2.35. The van der Waals surface area contributed by atoms with E-state index in [9.17, 15) is 14.7 Å². The lowest BCUT2D eigenvalue weighted by atomic mass is 9.73. The van der Waals surface area contributed by atoms with Gasteiger partial charge in [0.2, 0.25) is 5.91 Å². The van der Waals surface area contributed by atoms with Crippen molar-refractivity contribution >= 4 is 35.1 Å². The normalized spacial score (nSPS) is 25.6. The predicted octanol–water partition coefficient (Wildman–Crippen LogP) is 1.37. The zero-order valence-corrected chi connectivity index (χ0v) is 15.1. The number of carbonyl (C=O) groups excluding carboxylic acids is 1. The maximum Gasteiger partial charge on any atom is 0.405 e. The molecule has 3 atom stereocenters. The number of aromatic nitrogens is 1. The molecule has 0 bridgehead atoms. The first-order valence-corrected chi connectivity index (χ1v) is 8.22. The topological polar surface area (TPSA) is 107 Å². The van der Waals surface area contributed by atoms with Gasteiger partial charge in [-0.2, -0.15) is 4.99 Å². The van der Waals surface area contributed by atoms with E-state index in [0.717, 1.165) is 0 Å². The number of isothiocyanates is 1. The molecule has 25 heavy (non-hydrogen) atoms. The number of thiocarbonyl (C=S) groups is 1. The summed E-state index contributed by atoms with van der Waals surface area (Å²) in [5, 5.41) is 17.7. The molecule has 1 saturated heterocycles. The average molecular weight is 363 g/mol. The van der Waals surface area contributed by atoms with Crippen LogP contribution in [-0.2, 0) is 10.3 Å². The highest BCUT2D eigenvalue weighted by Crippen LogP contribution is 2.39. The van der Waals surface area contributed by atoms with Crippen molar-refractivity contribution in [3.63, 3.8) is 0 Å². The molecule has 1 fully saturated rings. The Morgan fingerprint density at radius 3 is 2.92 bits per heavy atom. The average Bonchev–Trinajstić information content (AvgIpc) is 2.54. The number of nitrogens with one attached hydrogen (secondary N) is 2. The summed E-state index contributed by atoms with van der Waals surface area (Å²) in [6, 6.07) is 1.28. The third kappa shape index (κ3) is 3.68. The first-order valence-electron chi connectivity index (χ1n) is 7.81. The van der Waals surface area contributed by atoms with Gasteiger partial charge >= 0.3 is 6.09 Å². The molecule has 0 spiro atoms. The number of hydrogen-bond acceptors (Lipinski definition) is 6. The summed E-state index contributed by atoms with van der Waals surface area (Å²) < 4.78 is 0. The lowest BCUT2D eigenvalue weighted by molar-refractivity contribution is -0.133. The first-order chi connectivity index (χ1) is 11.8. The van der Waals surface area contributed by atoms with Gasteiger partial charge in [-0.1, -0.05) is 6.92 Å². The molecule has 1 aromatic heterocycles. The van der Waals surface area contributed by atoms with Crippen LogP contribution >= 0.6 is 12.2 Å². The summed E-state index contributed by atoms with van der Waals surface area (Å²) >= 11 is 4.70. The van der Waals surface area contributed by atoms with Crippen LogP contribution in [0.2, 0.25) is 0 Å². The molecule has 1 aliphatic rings. The molecule has 2 rings (SSSR count). The minimum Gasteiger partial charge on any atom is -0.465 e. The molecule has 3 N–H and O–H groups in total. The molecule has 8 nitrogen and oxygen atoms in total. The van der Waals surface area contributed by atoms with Gasteiger partial charge in [0.25, 0.3) is 0 Å². The molecule has 1 aromatic rings. The van der Waals surface area contributed by atoms with Crippen molar-refractivity contribution in [2.24, 2.45) is 10.9 Å². The summed E-state index contributed by atoms with van der Waals surface area (Å²) in [6.07, 6.45) is 1.88. The van der Waals surface area contributed by atoms with Crippen LogP contribution in [0.4, 0.5) is 10.5 Å². The second kappa shape index (κ2) is 7.69. The number of piperidine rings is 1. The van der Waals surface area contributed by atoms with Gasteiger partial charge in [-0.05, 0) is 30.7 Å². The van der Waals surface area contributed by atoms with Crippen molar-refractivity contribution in [3.05, 3.63) is 24.0 Å². The van der Waals surface area contributed by atoms with E-state index in [4.69, 9.17) is 12.2 Å². The summed E-state index contributed by atoms with van der Waals surface area (Å²) in [6.45, 7) is 4.39. The molecular formula is C16H21N5O3S. The molecule has 1 aliphatic heterocycles. The molecule has 9 heteroatoms. The van der Waals surface area contributed by atoms with Gasteiger partial charge in [-0.25, -0.2) is 4.79 Å². The maximum absolute atomic E-state index is 12.1. The lowest BCUT2D eigenvalue weighted by Gasteiger charge is -2.51. The fourth-order valence-electron chi connectivity index (χ4n) is 3.64. The fraction of sp³-hybridized carbons (Fsp3) is 0.500. The minimum atomic E-state index is -1.19. The van der Waals surface area contributed by atoms with Gasteiger partial charge in [0.1, 0.15) is 5.54 Å². The zero-order valence-electron chi connectivity index (χ0n) is 14.3. The van der Waals surface area contributed by atoms with Crippen molar-refractivity contribution < 1.29 is 14.7 Å². The largest absolute Gasteiger partial charge is 0.465 e. The molecule has 0 aromatic carbocycles. The smallest absolute Gasteiger partial charge is 0.405 e. The van der Waals surface area contributed by atoms with E-state index in [2.05, 4.69) is 25.8 Å². The van der Waals surface area contributed by atoms with Gasteiger partial charge in [0, 0.05) is 32.3 Å². The van der Waals surface area contributed by atoms with Crippen molar-refractivity contribution in [2.75, 3.05) is 20.1 Å². The fourth-order valence-corrected chi connectivity index (χ4v) is 3.74. The second-order valence-electron chi connectivity index (χ2n) is 6.18. The van der Waals surface area contributed by atoms with Gasteiger partial charge < -0.3 is 20.6 Å². The number of nitrogens with zero attached hydrogens (tertiary/aromatic N) is 3. The SMILES string of the molecule is CC(=O)N(C)[C@H]1[C@@H](C)CNC[C@]1(NC(=O)O)c1ccncc1N=C=S. The van der Waals surface area contributed by atoms with E-state index >= 15 is 0 Å². The number of likely N-dealkylation sites (N-methyl/N-ethyl adjacent to an activating group) is 1. The molecule has 0 unspecified atom stereocenters. The number of carboxylic acid groups (broad SMARTS) is 1. The highest BCUT2D eigenvalue weighted by molar-refractivity contribution is 7.78. The summed E-state index contributed by atoms with van der Waals surface area (Å²) in [7, 11) is 1.68. The summed E-state index contributed by atoms with van der Waals surface area (Å²) in [5.41, 5.74) is -0.0822. The van der Waals surface area contributed by atoms with Crippen LogP contribution in [0.15, 0.2) is 23.5 Å². The van der Waals surface area contributed by atoms with Crippen molar-refractivity contribution in [2.45, 2.75) is 25.4 Å². The van der Waals surface area contributed by atoms with Crippen LogP contribution in [-0.4, -0.2) is 58.3 Å². The first kappa shape index (κ1) is 19.0. The van der Waals surface area contributed by atoms with E-state index in [-0.39, 0.29) is 11.8 Å². The highest BCUT2D eigenvalue weighted by atomic mass is 32.1. The molecular weight excluding hydrogens is 342 g/mol. The van der Waals surface area contributed by atoms with E-state index in [1.165, 1.54) is 13.1 Å². The van der Waals surface area contributed by atoms with Crippen molar-refractivity contribution in [1.29, 1.82) is 0 Å². The number of rotatable bonds is 4. The Bertz CT molecular complexity index is 721. The van der Waals surface area contributed by atoms with Crippen LogP contribution in [0.25, 0.3) is 0 Å². The third-order valence-corrected chi connectivity index (χ3v) is 4.70. The molecule has 2 amide bonds. The Labute approximate surface area is 151 Å². The number of pyridine rings is 1. The second-order valence-corrected chi connectivity index (χ2v) is 6.36. The van der Waals surface area contributed by atoms with Gasteiger partial charge in [-0.3, -0.25) is 9.78 Å². The predicted molar refractivity (Wildman–Crippen MR) is 96.0 cm³/mol. The molecule has 0 saturated carbocycles. The lowest BCUT2D eigenvalue weighted by Crippen LogP contribution is -2.70. The number of amides is 2. The van der Waals surface area contributed by atoms with Crippen LogP contribution in [0.5, 0.6) is 0 Å². The van der Waals surface area contributed by atoms with E-state index in [0.29, 0.717) is 24.3 Å². The van der Waals surface area contributed by atoms with Crippen molar-refractivity contribution in [1.82, 2.24) is 20.5 Å². The highest BCUT2D eigenvalue weighted by Gasteiger charge is 2.50. The van der Waals surface area contributed by atoms with Crippen molar-refractivity contribution in [3.8, 4) is 0 Å². The Morgan fingerprint density at radius 2 is 2.32 bits per heavy atom. The standard InChI is InChI=1S/C16H21N5O3S/c1-10-6-18-8-16(20-15(23)24,14(10)21(3)11(2)22)12-4-5-17-7-13(12)19-9-25/h4-5,7,10,14,18,20H,6,8H2,1-3H3,(H,23,24)/t10-,14-,16-/m0/s1. The monoisotopic (exact) mass is 363 g/mol. The van der Waals surface area contributed by atoms with Gasteiger partial charge in [0.15, 0.2) is 0 Å². The Balaban J connectivity index is 2.72. The van der Waals surface area contributed by atoms with Crippen LogP contribution in [0.3, 0.4) is 0 Å². The quantitative estimate of drug-likeness (QED) is 0.551. The zero-order chi connectivity index (χ0) is 18.6. The molecule has 0 radical (unpaired) electrons. The van der Waals surface area contributed by atoms with Crippen LogP contribution in [0, 0.1) is 5.92 Å². The minimum absolute atomic E-state index is 0.00743. The van der Waals surface area contributed by atoms with E-state index < -0.39 is 17.7 Å². The van der Waals surface area contributed by atoms with Gasteiger partial charge in [0.05, 0.1) is 23.1 Å². The van der Waals surface area contributed by atoms with Gasteiger partial charge in [-0.15, -0.1) is 0 Å². The number of carbonyl (C=O) groups is 2. The Kier molecular flexibility index (Phi) is 5.84. The van der Waals surface area contributed by atoms with Crippen LogP contribution < -0.4 is 10.6 Å². The maximum atomic E-state index is 12.1. The number of hydrogen-bond donors (Lipinski definition) is 3. The molecule has 134 valence electrons. The Morgan fingerprint density at radius 1 is 1.60 bits per heavy atom. The molecule has 2 heterocycles. The summed E-state index contributed by atoms with van der Waals surface area (Å²) in [5.74, 6) is -0.156. The molecule has 0 aliphatic carbocycles. The van der Waals surface area contributed by atoms with E-state index in [1.54, 1.807) is 24.2 Å². The van der Waals surface area contributed by atoms with E-state index in [1.807, 2.05) is 6.92 Å².